The van der Waals surface area contributed by atoms with E-state index in [0.29, 0.717) is 12.0 Å². The molecule has 3 unspecified atom stereocenters. The summed E-state index contributed by atoms with van der Waals surface area (Å²) >= 11 is 0. The average molecular weight is 126 g/mol. The molecule has 3 N–H and O–H groups in total. The molecule has 3 nitrogen and oxygen atoms in total. The molecule has 2 heterocycles. The van der Waals surface area contributed by atoms with E-state index in [1.165, 1.54) is 0 Å². The average Bonchev–Trinajstić information content (AvgIpc) is 2.13. The van der Waals surface area contributed by atoms with Crippen molar-refractivity contribution >= 4 is 5.91 Å². The van der Waals surface area contributed by atoms with E-state index in [4.69, 9.17) is 5.73 Å². The molecule has 1 aliphatic carbocycles. The van der Waals surface area contributed by atoms with Gasteiger partial charge in [0, 0.05) is 6.04 Å². The summed E-state index contributed by atoms with van der Waals surface area (Å²) in [7, 11) is 0. The number of rotatable bonds is 1. The third-order valence-corrected chi connectivity index (χ3v) is 2.47. The zero-order valence-corrected chi connectivity index (χ0v) is 5.13. The van der Waals surface area contributed by atoms with Gasteiger partial charge in [-0.2, -0.15) is 0 Å². The quantitative estimate of drug-likeness (QED) is 0.477. The molecule has 2 bridgehead atoms. The van der Waals surface area contributed by atoms with Crippen LogP contribution in [0.1, 0.15) is 6.42 Å². The number of hydrogen-bond donors (Lipinski definition) is 2. The Hall–Kier alpha value is -0.570. The molecular weight excluding hydrogens is 116 g/mol. The number of nitrogens with one attached hydrogen (secondary N) is 1. The van der Waals surface area contributed by atoms with E-state index >= 15 is 0 Å². The predicted octanol–water partition coefficient (Wildman–Crippen LogP) is -0.920. The van der Waals surface area contributed by atoms with E-state index in [0.717, 1.165) is 13.0 Å². The molecule has 0 aromatic carbocycles. The van der Waals surface area contributed by atoms with Crippen LogP contribution >= 0.6 is 0 Å². The van der Waals surface area contributed by atoms with Gasteiger partial charge in [-0.15, -0.1) is 0 Å². The first-order valence-corrected chi connectivity index (χ1v) is 3.32. The molecule has 1 saturated carbocycles. The summed E-state index contributed by atoms with van der Waals surface area (Å²) in [6.45, 7) is 0.998. The van der Waals surface area contributed by atoms with E-state index in [2.05, 4.69) is 5.32 Å². The maximum Gasteiger partial charge on any atom is 0.222 e. The van der Waals surface area contributed by atoms with Crippen LogP contribution < -0.4 is 11.1 Å². The van der Waals surface area contributed by atoms with Crippen LogP contribution in [0.15, 0.2) is 0 Å². The van der Waals surface area contributed by atoms with Crippen LogP contribution in [0.2, 0.25) is 0 Å². The zero-order chi connectivity index (χ0) is 6.43. The molecule has 0 aromatic rings. The second-order valence-corrected chi connectivity index (χ2v) is 2.94. The van der Waals surface area contributed by atoms with Crippen LogP contribution in [-0.2, 0) is 4.79 Å². The first-order chi connectivity index (χ1) is 4.29. The Kier molecular flexibility index (Phi) is 0.858. The third kappa shape index (κ3) is 0.525. The molecule has 50 valence electrons. The monoisotopic (exact) mass is 126 g/mol. The lowest BCUT2D eigenvalue weighted by Gasteiger charge is -2.31. The zero-order valence-electron chi connectivity index (χ0n) is 5.13. The number of carbonyl (C=O) groups excluding carboxylic acids is 1. The Morgan fingerprint density at radius 1 is 1.67 bits per heavy atom. The summed E-state index contributed by atoms with van der Waals surface area (Å²) in [5, 5.41) is 3.22. The standard InChI is InChI=1S/C6H10N2O/c7-6(9)5-3-1-4(5)8-2-3/h3-5,8H,1-2H2,(H2,7,9). The van der Waals surface area contributed by atoms with Crippen molar-refractivity contribution in [2.75, 3.05) is 6.54 Å². The highest BCUT2D eigenvalue weighted by molar-refractivity contribution is 5.79. The molecule has 2 aliphatic heterocycles. The molecular formula is C6H10N2O. The minimum atomic E-state index is -0.124. The van der Waals surface area contributed by atoms with Gasteiger partial charge in [0.15, 0.2) is 0 Å². The van der Waals surface area contributed by atoms with Crippen LogP contribution in [0.5, 0.6) is 0 Å². The normalized spacial score (nSPS) is 46.4. The summed E-state index contributed by atoms with van der Waals surface area (Å²) in [5.41, 5.74) is 5.14. The smallest absolute Gasteiger partial charge is 0.222 e. The van der Waals surface area contributed by atoms with Gasteiger partial charge in [-0.25, -0.2) is 0 Å². The van der Waals surface area contributed by atoms with E-state index in [9.17, 15) is 4.79 Å². The molecule has 9 heavy (non-hydrogen) atoms. The molecule has 0 radical (unpaired) electrons. The number of hydrogen-bond acceptors (Lipinski definition) is 2. The predicted molar refractivity (Wildman–Crippen MR) is 32.6 cm³/mol. The molecule has 3 heteroatoms. The number of fused-ring (bicyclic) bond motifs is 1. The summed E-state index contributed by atoms with van der Waals surface area (Å²) in [6, 6.07) is 0.424. The molecule has 2 saturated heterocycles. The highest BCUT2D eigenvalue weighted by Gasteiger charge is 2.49. The maximum absolute atomic E-state index is 10.6. The highest BCUT2D eigenvalue weighted by atomic mass is 16.1. The SMILES string of the molecule is NC(=O)C1C2CNC1C2. The van der Waals surface area contributed by atoms with Crippen LogP contribution in [0.25, 0.3) is 0 Å². The number of primary amides is 1. The summed E-state index contributed by atoms with van der Waals surface area (Å²) < 4.78 is 0. The Morgan fingerprint density at radius 3 is 2.67 bits per heavy atom. The van der Waals surface area contributed by atoms with Crippen molar-refractivity contribution in [1.29, 1.82) is 0 Å². The largest absolute Gasteiger partial charge is 0.369 e. The topological polar surface area (TPSA) is 55.1 Å². The van der Waals surface area contributed by atoms with E-state index < -0.39 is 0 Å². The van der Waals surface area contributed by atoms with Gasteiger partial charge in [0.1, 0.15) is 0 Å². The minimum Gasteiger partial charge on any atom is -0.369 e. The van der Waals surface area contributed by atoms with Gasteiger partial charge in [0.25, 0.3) is 0 Å². The van der Waals surface area contributed by atoms with Gasteiger partial charge in [-0.1, -0.05) is 0 Å². The molecule has 3 aliphatic rings. The first-order valence-electron chi connectivity index (χ1n) is 3.32. The van der Waals surface area contributed by atoms with Gasteiger partial charge >= 0.3 is 0 Å². The van der Waals surface area contributed by atoms with Gasteiger partial charge in [0.05, 0.1) is 5.92 Å². The molecule has 3 fully saturated rings. The van der Waals surface area contributed by atoms with Gasteiger partial charge in [0.2, 0.25) is 5.91 Å². The second kappa shape index (κ2) is 1.48. The maximum atomic E-state index is 10.6. The van der Waals surface area contributed by atoms with Crippen molar-refractivity contribution in [3.8, 4) is 0 Å². The fourth-order valence-corrected chi connectivity index (χ4v) is 1.91. The number of carbonyl (C=O) groups is 1. The number of amides is 1. The van der Waals surface area contributed by atoms with Crippen LogP contribution in [0, 0.1) is 11.8 Å². The van der Waals surface area contributed by atoms with Crippen LogP contribution in [0.4, 0.5) is 0 Å². The fraction of sp³-hybridized carbons (Fsp3) is 0.833. The van der Waals surface area contributed by atoms with Crippen LogP contribution in [0.3, 0.4) is 0 Å². The Bertz CT molecular complexity index is 143. The van der Waals surface area contributed by atoms with Crippen molar-refractivity contribution in [1.82, 2.24) is 5.32 Å². The lowest BCUT2D eigenvalue weighted by atomic mass is 9.73. The summed E-state index contributed by atoms with van der Waals surface area (Å²) in [5.74, 6) is 0.596. The van der Waals surface area contributed by atoms with Crippen molar-refractivity contribution in [2.24, 2.45) is 17.6 Å². The van der Waals surface area contributed by atoms with Gasteiger partial charge in [-0.3, -0.25) is 4.79 Å². The van der Waals surface area contributed by atoms with Gasteiger partial charge < -0.3 is 11.1 Å². The Morgan fingerprint density at radius 2 is 2.44 bits per heavy atom. The highest BCUT2D eigenvalue weighted by Crippen LogP contribution is 2.39. The molecule has 1 amide bonds. The minimum absolute atomic E-state index is 0.124. The molecule has 3 atom stereocenters. The molecule has 0 aromatic heterocycles. The van der Waals surface area contributed by atoms with E-state index in [-0.39, 0.29) is 11.8 Å². The van der Waals surface area contributed by atoms with Crippen molar-refractivity contribution in [3.05, 3.63) is 0 Å². The molecule has 0 spiro atoms. The van der Waals surface area contributed by atoms with Crippen LogP contribution in [-0.4, -0.2) is 18.5 Å². The lowest BCUT2D eigenvalue weighted by molar-refractivity contribution is -0.125. The van der Waals surface area contributed by atoms with E-state index in [1.807, 2.05) is 0 Å². The van der Waals surface area contributed by atoms with Crippen molar-refractivity contribution in [2.45, 2.75) is 12.5 Å². The van der Waals surface area contributed by atoms with Gasteiger partial charge in [-0.05, 0) is 18.9 Å². The summed E-state index contributed by atoms with van der Waals surface area (Å²) in [6.07, 6.45) is 1.16. The number of nitrogens with two attached hydrogens (primary N) is 1. The summed E-state index contributed by atoms with van der Waals surface area (Å²) in [4.78, 5) is 10.6. The Balaban J connectivity index is 2.10. The fourth-order valence-electron chi connectivity index (χ4n) is 1.91. The second-order valence-electron chi connectivity index (χ2n) is 2.94. The van der Waals surface area contributed by atoms with E-state index in [1.54, 1.807) is 0 Å². The van der Waals surface area contributed by atoms with Crippen molar-refractivity contribution in [3.63, 3.8) is 0 Å². The molecule has 3 rings (SSSR count). The third-order valence-electron chi connectivity index (χ3n) is 2.47. The lowest BCUT2D eigenvalue weighted by Crippen LogP contribution is -2.45. The van der Waals surface area contributed by atoms with Crippen molar-refractivity contribution < 1.29 is 4.79 Å². The first kappa shape index (κ1) is 5.23. The Labute approximate surface area is 53.6 Å².